The van der Waals surface area contributed by atoms with E-state index in [-0.39, 0.29) is 0 Å². The Morgan fingerprint density at radius 2 is 2.13 bits per heavy atom. The summed E-state index contributed by atoms with van der Waals surface area (Å²) in [6.07, 6.45) is 0.820. The predicted octanol–water partition coefficient (Wildman–Crippen LogP) is 2.46. The van der Waals surface area contributed by atoms with Crippen molar-refractivity contribution < 1.29 is 8.42 Å². The lowest BCUT2D eigenvalue weighted by Gasteiger charge is -2.14. The van der Waals surface area contributed by atoms with E-state index in [0.29, 0.717) is 10.8 Å². The average molecular weight is 312 g/mol. The molecule has 0 aromatic carbocycles. The van der Waals surface area contributed by atoms with Gasteiger partial charge < -0.3 is 0 Å². The molecule has 15 heavy (non-hydrogen) atoms. The maximum Gasteiger partial charge on any atom is 0.252 e. The number of thiophene rings is 1. The van der Waals surface area contributed by atoms with Crippen molar-refractivity contribution in [1.29, 1.82) is 0 Å². The van der Waals surface area contributed by atoms with Crippen LogP contribution >= 0.6 is 27.3 Å². The molecular weight excluding hydrogens is 298 g/mol. The molecular formula is C9H14BrNO2S2. The summed E-state index contributed by atoms with van der Waals surface area (Å²) in [5.74, 6) is 0. The van der Waals surface area contributed by atoms with Crippen LogP contribution in [0.3, 0.4) is 0 Å². The minimum Gasteiger partial charge on any atom is -0.206 e. The van der Waals surface area contributed by atoms with Crippen LogP contribution in [0.5, 0.6) is 0 Å². The molecule has 0 fully saturated rings. The Morgan fingerprint density at radius 3 is 2.60 bits per heavy atom. The van der Waals surface area contributed by atoms with Gasteiger partial charge in [-0.25, -0.2) is 12.7 Å². The monoisotopic (exact) mass is 311 g/mol. The van der Waals surface area contributed by atoms with Crippen LogP contribution in [-0.2, 0) is 10.0 Å². The topological polar surface area (TPSA) is 37.4 Å². The maximum atomic E-state index is 12.0. The van der Waals surface area contributed by atoms with Gasteiger partial charge in [-0.2, -0.15) is 0 Å². The van der Waals surface area contributed by atoms with E-state index in [0.717, 1.165) is 16.6 Å². The first-order chi connectivity index (χ1) is 6.98. The zero-order valence-electron chi connectivity index (χ0n) is 8.73. The van der Waals surface area contributed by atoms with Crippen LogP contribution in [0.15, 0.2) is 16.3 Å². The molecule has 3 nitrogen and oxygen atoms in total. The molecule has 0 aliphatic heterocycles. The fourth-order valence-corrected chi connectivity index (χ4v) is 4.06. The van der Waals surface area contributed by atoms with Gasteiger partial charge in [0.1, 0.15) is 4.21 Å². The van der Waals surface area contributed by atoms with Gasteiger partial charge >= 0.3 is 0 Å². The number of hydrogen-bond acceptors (Lipinski definition) is 3. The van der Waals surface area contributed by atoms with Gasteiger partial charge in [-0.3, -0.25) is 0 Å². The molecule has 0 saturated heterocycles. The fraction of sp³-hybridized carbons (Fsp3) is 0.556. The van der Waals surface area contributed by atoms with Gasteiger partial charge in [0, 0.05) is 23.8 Å². The summed E-state index contributed by atoms with van der Waals surface area (Å²) in [6, 6.07) is 3.50. The molecule has 1 aromatic heterocycles. The van der Waals surface area contributed by atoms with E-state index in [9.17, 15) is 8.42 Å². The first-order valence-electron chi connectivity index (χ1n) is 4.57. The molecule has 0 radical (unpaired) electrons. The van der Waals surface area contributed by atoms with Gasteiger partial charge in [-0.1, -0.05) is 15.9 Å². The molecule has 0 N–H and O–H groups in total. The third-order valence-electron chi connectivity index (χ3n) is 1.99. The highest BCUT2D eigenvalue weighted by atomic mass is 79.9. The minimum absolute atomic E-state index is 0.428. The van der Waals surface area contributed by atoms with Crippen LogP contribution in [-0.4, -0.2) is 31.6 Å². The van der Waals surface area contributed by atoms with E-state index in [2.05, 4.69) is 15.9 Å². The molecule has 0 spiro atoms. The molecule has 0 aliphatic rings. The number of rotatable bonds is 5. The molecule has 1 rings (SSSR count). The van der Waals surface area contributed by atoms with Crippen LogP contribution in [0.1, 0.15) is 11.3 Å². The van der Waals surface area contributed by atoms with Crippen LogP contribution < -0.4 is 0 Å². The van der Waals surface area contributed by atoms with E-state index in [1.165, 1.54) is 15.6 Å². The Hall–Kier alpha value is 0.0900. The Kier molecular flexibility index (Phi) is 4.76. The Labute approximate surface area is 103 Å². The SMILES string of the molecule is Cc1ccc(S(=O)(=O)N(C)CCCBr)s1. The largest absolute Gasteiger partial charge is 0.252 e. The number of hydrogen-bond donors (Lipinski definition) is 0. The van der Waals surface area contributed by atoms with Gasteiger partial charge in [0.25, 0.3) is 10.0 Å². The molecule has 1 aromatic rings. The highest BCUT2D eigenvalue weighted by Gasteiger charge is 2.21. The van der Waals surface area contributed by atoms with Crippen LogP contribution in [0.2, 0.25) is 0 Å². The Morgan fingerprint density at radius 1 is 1.47 bits per heavy atom. The number of alkyl halides is 1. The van der Waals surface area contributed by atoms with Crippen molar-refractivity contribution in [2.45, 2.75) is 17.6 Å². The molecule has 0 aliphatic carbocycles. The van der Waals surface area contributed by atoms with E-state index >= 15 is 0 Å². The molecule has 6 heteroatoms. The summed E-state index contributed by atoms with van der Waals surface area (Å²) in [7, 11) is -1.64. The maximum absolute atomic E-state index is 12.0. The lowest BCUT2D eigenvalue weighted by molar-refractivity contribution is 0.472. The van der Waals surface area contributed by atoms with Gasteiger partial charge in [-0.15, -0.1) is 11.3 Å². The standard InChI is InChI=1S/C9H14BrNO2S2/c1-8-4-5-9(14-8)15(12,13)11(2)7-3-6-10/h4-5H,3,6-7H2,1-2H3. The number of aryl methyl sites for hydroxylation is 1. The summed E-state index contributed by atoms with van der Waals surface area (Å²) in [5, 5.41) is 0.816. The molecule has 0 bridgehead atoms. The lowest BCUT2D eigenvalue weighted by Crippen LogP contribution is -2.27. The third-order valence-corrected chi connectivity index (χ3v) is 5.87. The summed E-state index contributed by atoms with van der Waals surface area (Å²) >= 11 is 4.60. The summed E-state index contributed by atoms with van der Waals surface area (Å²) in [4.78, 5) is 1.02. The van der Waals surface area contributed by atoms with Crippen molar-refractivity contribution in [2.24, 2.45) is 0 Å². The summed E-state index contributed by atoms with van der Waals surface area (Å²) in [5.41, 5.74) is 0. The van der Waals surface area contributed by atoms with Crippen molar-refractivity contribution in [3.05, 3.63) is 17.0 Å². The van der Waals surface area contributed by atoms with E-state index in [1.807, 2.05) is 13.0 Å². The van der Waals surface area contributed by atoms with Crippen LogP contribution in [0, 0.1) is 6.92 Å². The first-order valence-corrected chi connectivity index (χ1v) is 7.95. The smallest absolute Gasteiger partial charge is 0.206 e. The van der Waals surface area contributed by atoms with E-state index < -0.39 is 10.0 Å². The van der Waals surface area contributed by atoms with Gasteiger partial charge in [0.05, 0.1) is 0 Å². The molecule has 0 saturated carbocycles. The lowest BCUT2D eigenvalue weighted by atomic mass is 10.5. The van der Waals surface area contributed by atoms with Crippen LogP contribution in [0.4, 0.5) is 0 Å². The van der Waals surface area contributed by atoms with Crippen molar-refractivity contribution in [2.75, 3.05) is 18.9 Å². The number of halogens is 1. The zero-order valence-corrected chi connectivity index (χ0v) is 12.0. The quantitative estimate of drug-likeness (QED) is 0.783. The van der Waals surface area contributed by atoms with Gasteiger partial charge in [0.15, 0.2) is 0 Å². The molecule has 0 amide bonds. The Balaban J connectivity index is 2.83. The molecule has 0 atom stereocenters. The minimum atomic E-state index is -3.26. The van der Waals surface area contributed by atoms with Crippen molar-refractivity contribution in [3.63, 3.8) is 0 Å². The highest BCUT2D eigenvalue weighted by Crippen LogP contribution is 2.23. The van der Waals surface area contributed by atoms with Crippen molar-refractivity contribution in [3.8, 4) is 0 Å². The second-order valence-electron chi connectivity index (χ2n) is 3.23. The fourth-order valence-electron chi connectivity index (χ4n) is 1.11. The summed E-state index contributed by atoms with van der Waals surface area (Å²) < 4.78 is 25.8. The van der Waals surface area contributed by atoms with Crippen molar-refractivity contribution in [1.82, 2.24) is 4.31 Å². The second kappa shape index (κ2) is 5.43. The Bertz CT molecular complexity index is 414. The first kappa shape index (κ1) is 13.2. The predicted molar refractivity (Wildman–Crippen MR) is 67.3 cm³/mol. The average Bonchev–Trinajstić information content (AvgIpc) is 2.61. The van der Waals surface area contributed by atoms with Gasteiger partial charge in [0.2, 0.25) is 0 Å². The summed E-state index contributed by atoms with van der Waals surface area (Å²) in [6.45, 7) is 2.45. The van der Waals surface area contributed by atoms with Crippen molar-refractivity contribution >= 4 is 37.3 Å². The molecule has 86 valence electrons. The van der Waals surface area contributed by atoms with E-state index in [1.54, 1.807) is 13.1 Å². The number of nitrogens with zero attached hydrogens (tertiary/aromatic N) is 1. The molecule has 1 heterocycles. The van der Waals surface area contributed by atoms with E-state index in [4.69, 9.17) is 0 Å². The van der Waals surface area contributed by atoms with Gasteiger partial charge in [-0.05, 0) is 25.5 Å². The zero-order chi connectivity index (χ0) is 11.5. The molecule has 0 unspecified atom stereocenters. The highest BCUT2D eigenvalue weighted by molar-refractivity contribution is 9.09. The normalized spacial score (nSPS) is 12.3. The third kappa shape index (κ3) is 3.27. The second-order valence-corrected chi connectivity index (χ2v) is 7.59. The van der Waals surface area contributed by atoms with Crippen LogP contribution in [0.25, 0.3) is 0 Å². The number of sulfonamides is 1.